The van der Waals surface area contributed by atoms with Crippen molar-refractivity contribution >= 4 is 11.8 Å². The van der Waals surface area contributed by atoms with E-state index in [1.807, 2.05) is 11.8 Å². The third kappa shape index (κ3) is 3.24. The number of likely N-dealkylation sites (tertiary alicyclic amines) is 1. The van der Waals surface area contributed by atoms with E-state index in [1.54, 1.807) is 32.9 Å². The second-order valence-electron chi connectivity index (χ2n) is 6.18. The topological polar surface area (TPSA) is 69.6 Å². The van der Waals surface area contributed by atoms with Crippen LogP contribution in [-0.4, -0.2) is 40.4 Å². The summed E-state index contributed by atoms with van der Waals surface area (Å²) in [5.41, 5.74) is 1.76. The van der Waals surface area contributed by atoms with Gasteiger partial charge in [0.2, 0.25) is 5.91 Å². The summed E-state index contributed by atoms with van der Waals surface area (Å²) in [4.78, 5) is 26.5. The Balaban J connectivity index is 2.06. The van der Waals surface area contributed by atoms with Gasteiger partial charge >= 0.3 is 0 Å². The first-order valence-corrected chi connectivity index (χ1v) is 7.72. The molecule has 2 amide bonds. The number of aromatic hydroxyl groups is 1. The molecule has 0 aliphatic carbocycles. The summed E-state index contributed by atoms with van der Waals surface area (Å²) in [5.74, 6) is -0.129. The molecule has 0 bridgehead atoms. The van der Waals surface area contributed by atoms with Crippen molar-refractivity contribution in [3.63, 3.8) is 0 Å². The molecule has 0 spiro atoms. The number of rotatable bonds is 3. The summed E-state index contributed by atoms with van der Waals surface area (Å²) < 4.78 is 0. The minimum atomic E-state index is -0.553. The van der Waals surface area contributed by atoms with Gasteiger partial charge in [0.25, 0.3) is 5.91 Å². The number of aryl methyl sites for hydroxylation is 2. The molecule has 1 aromatic carbocycles. The smallest absolute Gasteiger partial charge is 0.251 e. The Morgan fingerprint density at radius 2 is 1.91 bits per heavy atom. The molecule has 1 aliphatic heterocycles. The SMILES string of the molecule is Cc1cc(C(=O)N[C@@H](C)C(=O)N2CCCC2C)cc(C)c1O. The van der Waals surface area contributed by atoms with Crippen LogP contribution < -0.4 is 5.32 Å². The molecule has 120 valence electrons. The average molecular weight is 304 g/mol. The number of phenols is 1. The van der Waals surface area contributed by atoms with Crippen molar-refractivity contribution in [1.29, 1.82) is 0 Å². The molecular formula is C17H24N2O3. The zero-order valence-corrected chi connectivity index (χ0v) is 13.6. The van der Waals surface area contributed by atoms with E-state index >= 15 is 0 Å². The highest BCUT2D eigenvalue weighted by Gasteiger charge is 2.29. The van der Waals surface area contributed by atoms with Crippen molar-refractivity contribution in [2.24, 2.45) is 0 Å². The van der Waals surface area contributed by atoms with Crippen molar-refractivity contribution in [2.45, 2.75) is 52.6 Å². The van der Waals surface area contributed by atoms with Gasteiger partial charge in [-0.2, -0.15) is 0 Å². The first kappa shape index (κ1) is 16.3. The maximum absolute atomic E-state index is 12.4. The number of carbonyl (C=O) groups is 2. The molecule has 2 atom stereocenters. The fourth-order valence-electron chi connectivity index (χ4n) is 2.94. The van der Waals surface area contributed by atoms with Crippen LogP contribution in [0, 0.1) is 13.8 Å². The monoisotopic (exact) mass is 304 g/mol. The molecule has 1 saturated heterocycles. The van der Waals surface area contributed by atoms with Crippen LogP contribution in [0.1, 0.15) is 48.2 Å². The van der Waals surface area contributed by atoms with Crippen LogP contribution in [0.15, 0.2) is 12.1 Å². The Morgan fingerprint density at radius 3 is 2.41 bits per heavy atom. The molecule has 0 radical (unpaired) electrons. The van der Waals surface area contributed by atoms with Gasteiger partial charge in [-0.15, -0.1) is 0 Å². The lowest BCUT2D eigenvalue weighted by molar-refractivity contribution is -0.133. The fourth-order valence-corrected chi connectivity index (χ4v) is 2.94. The Morgan fingerprint density at radius 1 is 1.32 bits per heavy atom. The quantitative estimate of drug-likeness (QED) is 0.899. The van der Waals surface area contributed by atoms with E-state index in [1.165, 1.54) is 0 Å². The van der Waals surface area contributed by atoms with E-state index in [-0.39, 0.29) is 23.6 Å². The maximum Gasteiger partial charge on any atom is 0.251 e. The van der Waals surface area contributed by atoms with Gasteiger partial charge < -0.3 is 15.3 Å². The van der Waals surface area contributed by atoms with Gasteiger partial charge in [0.05, 0.1) is 0 Å². The molecule has 1 heterocycles. The van der Waals surface area contributed by atoms with E-state index < -0.39 is 6.04 Å². The number of amides is 2. The molecule has 5 heteroatoms. The highest BCUT2D eigenvalue weighted by atomic mass is 16.3. The molecule has 0 saturated carbocycles. The van der Waals surface area contributed by atoms with Crippen LogP contribution in [-0.2, 0) is 4.79 Å². The van der Waals surface area contributed by atoms with Gasteiger partial charge in [0.1, 0.15) is 11.8 Å². The van der Waals surface area contributed by atoms with Crippen LogP contribution in [0.2, 0.25) is 0 Å². The second kappa shape index (κ2) is 6.38. The summed E-state index contributed by atoms with van der Waals surface area (Å²) in [6, 6.07) is 2.95. The van der Waals surface area contributed by atoms with Gasteiger partial charge in [-0.3, -0.25) is 9.59 Å². The van der Waals surface area contributed by atoms with Crippen molar-refractivity contribution in [1.82, 2.24) is 10.2 Å². The van der Waals surface area contributed by atoms with Crippen molar-refractivity contribution in [3.05, 3.63) is 28.8 Å². The number of hydrogen-bond acceptors (Lipinski definition) is 3. The van der Waals surface area contributed by atoms with Crippen LogP contribution in [0.5, 0.6) is 5.75 Å². The minimum absolute atomic E-state index is 0.0365. The largest absolute Gasteiger partial charge is 0.507 e. The Hall–Kier alpha value is -2.04. The van der Waals surface area contributed by atoms with E-state index in [0.29, 0.717) is 16.7 Å². The predicted molar refractivity (Wildman–Crippen MR) is 84.9 cm³/mol. The molecule has 2 N–H and O–H groups in total. The molecule has 1 aromatic rings. The number of phenolic OH excluding ortho intramolecular Hbond substituents is 1. The van der Waals surface area contributed by atoms with E-state index in [4.69, 9.17) is 0 Å². The average Bonchev–Trinajstić information content (AvgIpc) is 2.89. The Bertz CT molecular complexity index is 575. The first-order chi connectivity index (χ1) is 10.3. The van der Waals surface area contributed by atoms with E-state index in [9.17, 15) is 14.7 Å². The van der Waals surface area contributed by atoms with Gasteiger partial charge in [0, 0.05) is 18.2 Å². The van der Waals surface area contributed by atoms with Gasteiger partial charge in [-0.25, -0.2) is 0 Å². The normalized spacial score (nSPS) is 19.1. The number of benzene rings is 1. The Kier molecular flexibility index (Phi) is 4.74. The highest BCUT2D eigenvalue weighted by Crippen LogP contribution is 2.23. The third-order valence-electron chi connectivity index (χ3n) is 4.31. The van der Waals surface area contributed by atoms with E-state index in [2.05, 4.69) is 5.32 Å². The molecule has 5 nitrogen and oxygen atoms in total. The second-order valence-corrected chi connectivity index (χ2v) is 6.18. The molecular weight excluding hydrogens is 280 g/mol. The summed E-state index contributed by atoms with van der Waals surface area (Å²) in [7, 11) is 0. The standard InChI is InChI=1S/C17H24N2O3/c1-10-8-14(9-11(2)15(10)20)16(21)18-13(4)17(22)19-7-5-6-12(19)3/h8-9,12-13,20H,5-7H2,1-4H3,(H,18,21)/t12?,13-/m0/s1. The zero-order valence-electron chi connectivity index (χ0n) is 13.6. The molecule has 2 rings (SSSR count). The van der Waals surface area contributed by atoms with E-state index in [0.717, 1.165) is 19.4 Å². The minimum Gasteiger partial charge on any atom is -0.507 e. The summed E-state index contributed by atoms with van der Waals surface area (Å²) in [5, 5.41) is 12.5. The van der Waals surface area contributed by atoms with Crippen LogP contribution in [0.4, 0.5) is 0 Å². The van der Waals surface area contributed by atoms with Crippen molar-refractivity contribution in [2.75, 3.05) is 6.54 Å². The van der Waals surface area contributed by atoms with Crippen molar-refractivity contribution < 1.29 is 14.7 Å². The van der Waals surface area contributed by atoms with Gasteiger partial charge in [-0.05, 0) is 63.8 Å². The molecule has 1 unspecified atom stereocenters. The molecule has 0 aromatic heterocycles. The van der Waals surface area contributed by atoms with Crippen LogP contribution in [0.3, 0.4) is 0 Å². The number of hydrogen-bond donors (Lipinski definition) is 2. The highest BCUT2D eigenvalue weighted by molar-refractivity contribution is 5.98. The van der Waals surface area contributed by atoms with Gasteiger partial charge in [0.15, 0.2) is 0 Å². The van der Waals surface area contributed by atoms with Crippen LogP contribution >= 0.6 is 0 Å². The number of nitrogens with one attached hydrogen (secondary N) is 1. The van der Waals surface area contributed by atoms with Crippen LogP contribution in [0.25, 0.3) is 0 Å². The summed E-state index contributed by atoms with van der Waals surface area (Å²) >= 11 is 0. The van der Waals surface area contributed by atoms with Crippen molar-refractivity contribution in [3.8, 4) is 5.75 Å². The summed E-state index contributed by atoms with van der Waals surface area (Å²) in [6.45, 7) is 8.01. The van der Waals surface area contributed by atoms with Gasteiger partial charge in [-0.1, -0.05) is 0 Å². The Labute approximate surface area is 131 Å². The molecule has 1 fully saturated rings. The molecule has 22 heavy (non-hydrogen) atoms. The molecule has 1 aliphatic rings. The fraction of sp³-hybridized carbons (Fsp3) is 0.529. The maximum atomic E-state index is 12.4. The lowest BCUT2D eigenvalue weighted by Gasteiger charge is -2.25. The zero-order chi connectivity index (χ0) is 16.4. The third-order valence-corrected chi connectivity index (χ3v) is 4.31. The summed E-state index contributed by atoms with van der Waals surface area (Å²) in [6.07, 6.45) is 2.03. The first-order valence-electron chi connectivity index (χ1n) is 7.72. The predicted octanol–water partition coefficient (Wildman–Crippen LogP) is 2.14. The number of carbonyl (C=O) groups excluding carboxylic acids is 2. The lowest BCUT2D eigenvalue weighted by Crippen LogP contribution is -2.48. The number of nitrogens with zero attached hydrogens (tertiary/aromatic N) is 1. The lowest BCUT2D eigenvalue weighted by atomic mass is 10.0.